The first-order valence-corrected chi connectivity index (χ1v) is 11.8. The van der Waals surface area contributed by atoms with Gasteiger partial charge in [-0.3, -0.25) is 4.57 Å². The first-order valence-electron chi connectivity index (χ1n) is 11.8. The van der Waals surface area contributed by atoms with Crippen LogP contribution in [0.5, 0.6) is 0 Å². The minimum Gasteiger partial charge on any atom is -0.456 e. The van der Waals surface area contributed by atoms with Crippen LogP contribution in [0.1, 0.15) is 0 Å². The summed E-state index contributed by atoms with van der Waals surface area (Å²) < 4.78 is 14.7. The first kappa shape index (κ1) is 18.6. The number of hydrogen-bond donors (Lipinski definition) is 0. The topological polar surface area (TPSA) is 31.2 Å². The minimum absolute atomic E-state index is 0.876. The molecule has 3 nitrogen and oxygen atoms in total. The molecular formula is C32H19NO2. The van der Waals surface area contributed by atoms with E-state index in [4.69, 9.17) is 8.83 Å². The van der Waals surface area contributed by atoms with Crippen LogP contribution in [0, 0.1) is 0 Å². The third kappa shape index (κ3) is 2.61. The number of nitrogens with zero attached hydrogens (tertiary/aromatic N) is 1. The maximum atomic E-state index is 6.41. The molecule has 0 aliphatic heterocycles. The van der Waals surface area contributed by atoms with Crippen LogP contribution in [-0.2, 0) is 0 Å². The van der Waals surface area contributed by atoms with Gasteiger partial charge < -0.3 is 8.83 Å². The van der Waals surface area contributed by atoms with Crippen molar-refractivity contribution in [2.45, 2.75) is 0 Å². The van der Waals surface area contributed by atoms with Gasteiger partial charge in [0.2, 0.25) is 5.71 Å². The van der Waals surface area contributed by atoms with Crippen LogP contribution in [-0.4, -0.2) is 4.57 Å². The Morgan fingerprint density at radius 2 is 1.09 bits per heavy atom. The molecule has 0 atom stereocenters. The average molecular weight is 450 g/mol. The van der Waals surface area contributed by atoms with Crippen LogP contribution in [0.2, 0.25) is 0 Å². The van der Waals surface area contributed by atoms with Crippen molar-refractivity contribution in [3.63, 3.8) is 0 Å². The van der Waals surface area contributed by atoms with Crippen LogP contribution >= 0.6 is 0 Å². The molecule has 0 radical (unpaired) electrons. The second-order valence-electron chi connectivity index (χ2n) is 8.99. The monoisotopic (exact) mass is 449 g/mol. The van der Waals surface area contributed by atoms with Gasteiger partial charge in [-0.1, -0.05) is 66.7 Å². The smallest absolute Gasteiger partial charge is 0.213 e. The van der Waals surface area contributed by atoms with E-state index in [2.05, 4.69) is 89.5 Å². The number of furan rings is 2. The molecule has 0 unspecified atom stereocenters. The number of rotatable bonds is 2. The van der Waals surface area contributed by atoms with Gasteiger partial charge in [0.25, 0.3) is 0 Å². The lowest BCUT2D eigenvalue weighted by molar-refractivity contribution is 0.645. The molecule has 3 heterocycles. The van der Waals surface area contributed by atoms with Crippen molar-refractivity contribution in [2.24, 2.45) is 0 Å². The van der Waals surface area contributed by atoms with E-state index < -0.39 is 0 Å². The normalized spacial score (nSPS) is 12.0. The molecule has 3 aromatic heterocycles. The summed E-state index contributed by atoms with van der Waals surface area (Å²) in [6.07, 6.45) is 0. The highest BCUT2D eigenvalue weighted by Crippen LogP contribution is 2.41. The standard InChI is InChI=1S/C32H19NO2/c1-2-8-22(9-3-1)33-27-16-14-20(19-26(27)31-24-11-5-7-13-29(24)35-32(31)33)21-15-17-30-25(18-21)23-10-4-6-12-28(23)34-30/h1-19H. The lowest BCUT2D eigenvalue weighted by Crippen LogP contribution is -1.92. The summed E-state index contributed by atoms with van der Waals surface area (Å²) in [6.45, 7) is 0. The number of fused-ring (bicyclic) bond motifs is 8. The first-order chi connectivity index (χ1) is 17.3. The van der Waals surface area contributed by atoms with E-state index in [1.54, 1.807) is 0 Å². The third-order valence-electron chi connectivity index (χ3n) is 7.01. The highest BCUT2D eigenvalue weighted by molar-refractivity contribution is 6.20. The van der Waals surface area contributed by atoms with E-state index in [0.717, 1.165) is 55.2 Å². The number of benzene rings is 5. The number of hydrogen-bond acceptors (Lipinski definition) is 2. The Morgan fingerprint density at radius 1 is 0.457 bits per heavy atom. The summed E-state index contributed by atoms with van der Waals surface area (Å²) in [4.78, 5) is 0. The molecular weight excluding hydrogens is 430 g/mol. The van der Waals surface area contributed by atoms with Crippen molar-refractivity contribution in [1.82, 2.24) is 4.57 Å². The van der Waals surface area contributed by atoms with Crippen molar-refractivity contribution >= 4 is 54.9 Å². The molecule has 8 rings (SSSR count). The minimum atomic E-state index is 0.876. The van der Waals surface area contributed by atoms with E-state index >= 15 is 0 Å². The predicted molar refractivity (Wildman–Crippen MR) is 143 cm³/mol. The van der Waals surface area contributed by atoms with Gasteiger partial charge in [0.15, 0.2) is 0 Å². The molecule has 3 heteroatoms. The molecule has 5 aromatic carbocycles. The molecule has 164 valence electrons. The van der Waals surface area contributed by atoms with Crippen molar-refractivity contribution < 1.29 is 8.83 Å². The Hall–Kier alpha value is -4.76. The number of aromatic nitrogens is 1. The van der Waals surface area contributed by atoms with E-state index in [0.29, 0.717) is 0 Å². The average Bonchev–Trinajstić information content (AvgIpc) is 3.57. The van der Waals surface area contributed by atoms with Gasteiger partial charge >= 0.3 is 0 Å². The summed E-state index contributed by atoms with van der Waals surface area (Å²) in [6, 6.07) is 40.1. The molecule has 0 N–H and O–H groups in total. The summed E-state index contributed by atoms with van der Waals surface area (Å²) in [5.41, 5.74) is 8.17. The predicted octanol–water partition coefficient (Wildman–Crippen LogP) is 9.10. The molecule has 8 aromatic rings. The maximum Gasteiger partial charge on any atom is 0.213 e. The van der Waals surface area contributed by atoms with E-state index in [-0.39, 0.29) is 0 Å². The van der Waals surface area contributed by atoms with Gasteiger partial charge in [0.05, 0.1) is 10.9 Å². The van der Waals surface area contributed by atoms with Crippen LogP contribution in [0.3, 0.4) is 0 Å². The molecule has 35 heavy (non-hydrogen) atoms. The zero-order valence-electron chi connectivity index (χ0n) is 18.7. The van der Waals surface area contributed by atoms with Crippen molar-refractivity contribution in [3.05, 3.63) is 115 Å². The highest BCUT2D eigenvalue weighted by atomic mass is 16.3. The van der Waals surface area contributed by atoms with Gasteiger partial charge in [-0.15, -0.1) is 0 Å². The van der Waals surface area contributed by atoms with E-state index in [1.165, 1.54) is 16.5 Å². The van der Waals surface area contributed by atoms with Crippen molar-refractivity contribution in [1.29, 1.82) is 0 Å². The molecule has 0 saturated heterocycles. The molecule has 0 aliphatic carbocycles. The molecule has 0 saturated carbocycles. The quantitative estimate of drug-likeness (QED) is 0.263. The Kier molecular flexibility index (Phi) is 3.66. The van der Waals surface area contributed by atoms with Gasteiger partial charge in [0.1, 0.15) is 16.7 Å². The Labute approximate surface area is 200 Å². The fourth-order valence-electron chi connectivity index (χ4n) is 5.41. The van der Waals surface area contributed by atoms with Crippen LogP contribution in [0.15, 0.2) is 124 Å². The molecule has 0 bridgehead atoms. The second-order valence-corrected chi connectivity index (χ2v) is 8.99. The summed E-state index contributed by atoms with van der Waals surface area (Å²) in [7, 11) is 0. The van der Waals surface area contributed by atoms with Gasteiger partial charge in [-0.05, 0) is 59.7 Å². The molecule has 0 amide bonds. The second kappa shape index (κ2) is 6.87. The highest BCUT2D eigenvalue weighted by Gasteiger charge is 2.19. The maximum absolute atomic E-state index is 6.41. The summed E-state index contributed by atoms with van der Waals surface area (Å²) in [5, 5.41) is 5.75. The summed E-state index contributed by atoms with van der Waals surface area (Å²) in [5.74, 6) is 0. The van der Waals surface area contributed by atoms with Gasteiger partial charge in [-0.25, -0.2) is 0 Å². The molecule has 0 fully saturated rings. The van der Waals surface area contributed by atoms with Gasteiger partial charge in [0, 0.05) is 27.2 Å². The van der Waals surface area contributed by atoms with Crippen LogP contribution < -0.4 is 0 Å². The molecule has 0 spiro atoms. The summed E-state index contributed by atoms with van der Waals surface area (Å²) >= 11 is 0. The largest absolute Gasteiger partial charge is 0.456 e. The Balaban J connectivity index is 1.44. The fraction of sp³-hybridized carbons (Fsp3) is 0. The lowest BCUT2D eigenvalue weighted by Gasteiger charge is -2.07. The Morgan fingerprint density at radius 3 is 1.91 bits per heavy atom. The SMILES string of the molecule is c1ccc(-n2c3ccc(-c4ccc5oc6ccccc6c5c4)cc3c3c4ccccc4oc32)cc1. The zero-order chi connectivity index (χ0) is 22.9. The lowest BCUT2D eigenvalue weighted by atomic mass is 10.0. The fourth-order valence-corrected chi connectivity index (χ4v) is 5.41. The van der Waals surface area contributed by atoms with Crippen molar-refractivity contribution in [2.75, 3.05) is 0 Å². The van der Waals surface area contributed by atoms with Gasteiger partial charge in [-0.2, -0.15) is 0 Å². The molecule has 0 aliphatic rings. The number of para-hydroxylation sites is 3. The zero-order valence-corrected chi connectivity index (χ0v) is 18.7. The van der Waals surface area contributed by atoms with E-state index in [9.17, 15) is 0 Å². The Bertz CT molecular complexity index is 2050. The van der Waals surface area contributed by atoms with E-state index in [1.807, 2.05) is 30.3 Å². The van der Waals surface area contributed by atoms with Crippen LogP contribution in [0.25, 0.3) is 71.7 Å². The van der Waals surface area contributed by atoms with Crippen molar-refractivity contribution in [3.8, 4) is 16.8 Å². The third-order valence-corrected chi connectivity index (χ3v) is 7.01. The van der Waals surface area contributed by atoms with Crippen LogP contribution in [0.4, 0.5) is 0 Å².